The molecule has 0 aliphatic heterocycles. The van der Waals surface area contributed by atoms with Crippen LogP contribution in [-0.4, -0.2) is 18.6 Å². The normalized spacial score (nSPS) is 10.3. The average molecular weight is 325 g/mol. The summed E-state index contributed by atoms with van der Waals surface area (Å²) in [5, 5.41) is 2.89. The Bertz CT molecular complexity index is 722. The summed E-state index contributed by atoms with van der Waals surface area (Å²) in [5.74, 6) is 0.930. The molecule has 0 atom stereocenters. The van der Waals surface area contributed by atoms with Gasteiger partial charge in [-0.25, -0.2) is 0 Å². The lowest BCUT2D eigenvalue weighted by atomic mass is 10.1. The number of rotatable bonds is 7. The van der Waals surface area contributed by atoms with Crippen LogP contribution in [0.5, 0.6) is 11.5 Å². The van der Waals surface area contributed by atoms with Crippen molar-refractivity contribution in [3.8, 4) is 11.5 Å². The van der Waals surface area contributed by atoms with Crippen molar-refractivity contribution in [2.45, 2.75) is 26.9 Å². The van der Waals surface area contributed by atoms with Gasteiger partial charge in [0, 0.05) is 0 Å². The minimum atomic E-state index is -0.238. The molecule has 0 radical (unpaired) electrons. The summed E-state index contributed by atoms with van der Waals surface area (Å²) in [7, 11) is 0. The Hall–Kier alpha value is -2.75. The minimum Gasteiger partial charge on any atom is -0.490 e. The van der Waals surface area contributed by atoms with Crippen LogP contribution in [0.2, 0.25) is 0 Å². The number of carbonyl (C=O) groups excluding carboxylic acids is 1. The van der Waals surface area contributed by atoms with Crippen LogP contribution in [0.3, 0.4) is 0 Å². The Morgan fingerprint density at radius 1 is 1.08 bits per heavy atom. The van der Waals surface area contributed by atoms with Gasteiger partial charge in [-0.15, -0.1) is 0 Å². The van der Waals surface area contributed by atoms with E-state index in [9.17, 15) is 4.79 Å². The van der Waals surface area contributed by atoms with Crippen LogP contribution in [0, 0.1) is 0 Å². The molecule has 0 unspecified atom stereocenters. The van der Waals surface area contributed by atoms with E-state index in [2.05, 4.69) is 11.9 Å². The fraction of sp³-hybridized carbons (Fsp3) is 0.250. The van der Waals surface area contributed by atoms with Crippen LogP contribution in [0.1, 0.15) is 31.1 Å². The van der Waals surface area contributed by atoms with Crippen molar-refractivity contribution in [1.82, 2.24) is 0 Å². The highest BCUT2D eigenvalue weighted by molar-refractivity contribution is 6.06. The first-order chi connectivity index (χ1) is 11.5. The zero-order valence-electron chi connectivity index (χ0n) is 14.3. The summed E-state index contributed by atoms with van der Waals surface area (Å²) < 4.78 is 11.4. The summed E-state index contributed by atoms with van der Waals surface area (Å²) in [6, 6.07) is 14.5. The third-order valence-corrected chi connectivity index (χ3v) is 3.10. The topological polar surface area (TPSA) is 47.6 Å². The zero-order chi connectivity index (χ0) is 17.5. The van der Waals surface area contributed by atoms with E-state index in [1.165, 1.54) is 0 Å². The summed E-state index contributed by atoms with van der Waals surface area (Å²) in [6.45, 7) is 9.96. The molecule has 0 spiro atoms. The van der Waals surface area contributed by atoms with Crippen molar-refractivity contribution in [2.24, 2.45) is 0 Å². The van der Waals surface area contributed by atoms with Gasteiger partial charge in [0.2, 0.25) is 0 Å². The van der Waals surface area contributed by atoms with Crippen LogP contribution < -0.4 is 14.8 Å². The SMILES string of the molecule is C=C(C)COc1ccccc1NC(=O)c1ccccc1OC(C)C. The highest BCUT2D eigenvalue weighted by Crippen LogP contribution is 2.26. The Labute approximate surface area is 143 Å². The van der Waals surface area contributed by atoms with Gasteiger partial charge in [-0.05, 0) is 50.6 Å². The fourth-order valence-electron chi connectivity index (χ4n) is 2.10. The third kappa shape index (κ3) is 4.88. The van der Waals surface area contributed by atoms with Crippen LogP contribution >= 0.6 is 0 Å². The summed E-state index contributed by atoms with van der Waals surface area (Å²) in [4.78, 5) is 12.6. The number of amides is 1. The van der Waals surface area contributed by atoms with E-state index >= 15 is 0 Å². The molecule has 2 aromatic carbocycles. The number of carbonyl (C=O) groups is 1. The lowest BCUT2D eigenvalue weighted by Crippen LogP contribution is -2.16. The molecule has 0 bridgehead atoms. The molecule has 0 aromatic heterocycles. The van der Waals surface area contributed by atoms with Crippen LogP contribution in [0.25, 0.3) is 0 Å². The molecule has 0 fully saturated rings. The molecule has 0 heterocycles. The number of ether oxygens (including phenoxy) is 2. The maximum Gasteiger partial charge on any atom is 0.259 e. The highest BCUT2D eigenvalue weighted by atomic mass is 16.5. The first-order valence-corrected chi connectivity index (χ1v) is 7.90. The van der Waals surface area contributed by atoms with Crippen LogP contribution in [0.4, 0.5) is 5.69 Å². The van der Waals surface area contributed by atoms with Crippen molar-refractivity contribution in [3.05, 3.63) is 66.2 Å². The number of para-hydroxylation sites is 3. The first kappa shape index (κ1) is 17.6. The number of hydrogen-bond acceptors (Lipinski definition) is 3. The average Bonchev–Trinajstić information content (AvgIpc) is 2.54. The second kappa shape index (κ2) is 8.20. The van der Waals surface area contributed by atoms with Crippen LogP contribution in [0.15, 0.2) is 60.7 Å². The van der Waals surface area contributed by atoms with E-state index in [0.717, 1.165) is 5.57 Å². The number of anilines is 1. The maximum absolute atomic E-state index is 12.6. The quantitative estimate of drug-likeness (QED) is 0.752. The molecule has 2 rings (SSSR count). The van der Waals surface area contributed by atoms with E-state index in [1.807, 2.05) is 51.1 Å². The smallest absolute Gasteiger partial charge is 0.259 e. The molecule has 4 heteroatoms. The van der Waals surface area contributed by atoms with Gasteiger partial charge in [-0.2, -0.15) is 0 Å². The van der Waals surface area contributed by atoms with Gasteiger partial charge in [-0.1, -0.05) is 30.8 Å². The van der Waals surface area contributed by atoms with Crippen molar-refractivity contribution >= 4 is 11.6 Å². The molecular weight excluding hydrogens is 302 g/mol. The lowest BCUT2D eigenvalue weighted by Gasteiger charge is -2.15. The van der Waals surface area contributed by atoms with Gasteiger partial charge in [0.1, 0.15) is 18.1 Å². The third-order valence-electron chi connectivity index (χ3n) is 3.10. The van der Waals surface area contributed by atoms with Gasteiger partial charge in [0.25, 0.3) is 5.91 Å². The second-order valence-electron chi connectivity index (χ2n) is 5.86. The van der Waals surface area contributed by atoms with E-state index in [1.54, 1.807) is 18.2 Å². The van der Waals surface area contributed by atoms with Crippen molar-refractivity contribution in [1.29, 1.82) is 0 Å². The summed E-state index contributed by atoms with van der Waals surface area (Å²) >= 11 is 0. The fourth-order valence-corrected chi connectivity index (χ4v) is 2.10. The van der Waals surface area contributed by atoms with Crippen molar-refractivity contribution < 1.29 is 14.3 Å². The van der Waals surface area contributed by atoms with Crippen molar-refractivity contribution in [2.75, 3.05) is 11.9 Å². The van der Waals surface area contributed by atoms with Gasteiger partial charge in [0.15, 0.2) is 0 Å². The Morgan fingerprint density at radius 2 is 1.71 bits per heavy atom. The summed E-state index contributed by atoms with van der Waals surface area (Å²) in [6.07, 6.45) is -0.00913. The molecule has 4 nitrogen and oxygen atoms in total. The molecule has 0 saturated carbocycles. The first-order valence-electron chi connectivity index (χ1n) is 7.90. The molecule has 2 aromatic rings. The maximum atomic E-state index is 12.6. The standard InChI is InChI=1S/C20H23NO3/c1-14(2)13-23-19-12-8-6-10-17(19)21-20(22)16-9-5-7-11-18(16)24-15(3)4/h5-12,15H,1,13H2,2-4H3,(H,21,22). The highest BCUT2D eigenvalue weighted by Gasteiger charge is 2.15. The van der Waals surface area contributed by atoms with E-state index < -0.39 is 0 Å². The van der Waals surface area contributed by atoms with Gasteiger partial charge < -0.3 is 14.8 Å². The van der Waals surface area contributed by atoms with Gasteiger partial charge in [-0.3, -0.25) is 4.79 Å². The monoisotopic (exact) mass is 325 g/mol. The molecule has 126 valence electrons. The Balaban J connectivity index is 2.20. The lowest BCUT2D eigenvalue weighted by molar-refractivity contribution is 0.102. The molecule has 0 aliphatic carbocycles. The number of hydrogen-bond donors (Lipinski definition) is 1. The second-order valence-corrected chi connectivity index (χ2v) is 5.86. The molecule has 24 heavy (non-hydrogen) atoms. The Morgan fingerprint density at radius 3 is 2.38 bits per heavy atom. The minimum absolute atomic E-state index is 0.00913. The van der Waals surface area contributed by atoms with E-state index in [-0.39, 0.29) is 12.0 Å². The van der Waals surface area contributed by atoms with Crippen molar-refractivity contribution in [3.63, 3.8) is 0 Å². The summed E-state index contributed by atoms with van der Waals surface area (Å²) in [5.41, 5.74) is 2.01. The predicted molar refractivity (Wildman–Crippen MR) is 96.9 cm³/mol. The predicted octanol–water partition coefficient (Wildman–Crippen LogP) is 4.68. The van der Waals surface area contributed by atoms with Gasteiger partial charge >= 0.3 is 0 Å². The molecule has 0 aliphatic rings. The molecule has 0 saturated heterocycles. The largest absolute Gasteiger partial charge is 0.490 e. The zero-order valence-corrected chi connectivity index (χ0v) is 14.3. The number of benzene rings is 2. The molecule has 1 N–H and O–H groups in total. The molecular formula is C20H23NO3. The molecule has 1 amide bonds. The van der Waals surface area contributed by atoms with E-state index in [0.29, 0.717) is 29.4 Å². The van der Waals surface area contributed by atoms with E-state index in [4.69, 9.17) is 9.47 Å². The Kier molecular flexibility index (Phi) is 6.01. The van der Waals surface area contributed by atoms with Gasteiger partial charge in [0.05, 0.1) is 17.4 Å². The number of nitrogens with one attached hydrogen (secondary N) is 1. The van der Waals surface area contributed by atoms with Crippen LogP contribution in [-0.2, 0) is 0 Å².